The van der Waals surface area contributed by atoms with Crippen LogP contribution in [-0.2, 0) is 9.63 Å². The molecule has 5 heteroatoms. The van der Waals surface area contributed by atoms with Gasteiger partial charge in [-0.25, -0.2) is 0 Å². The van der Waals surface area contributed by atoms with Crippen molar-refractivity contribution in [3.63, 3.8) is 0 Å². The summed E-state index contributed by atoms with van der Waals surface area (Å²) in [6.45, 7) is 4.71. The van der Waals surface area contributed by atoms with Crippen LogP contribution >= 0.6 is 0 Å². The third kappa shape index (κ3) is 2.17. The Labute approximate surface area is 71.8 Å². The maximum absolute atomic E-state index is 10.6. The fraction of sp³-hybridized carbons (Fsp3) is 0.857. The van der Waals surface area contributed by atoms with E-state index in [0.29, 0.717) is 12.6 Å². The number of nitrogens with zero attached hydrogens (tertiary/aromatic N) is 1. The smallest absolute Gasteiger partial charge is 0.234 e. The molecule has 1 amide bonds. The van der Waals surface area contributed by atoms with Crippen molar-refractivity contribution in [1.82, 2.24) is 10.4 Å². The molecule has 0 radical (unpaired) electrons. The summed E-state index contributed by atoms with van der Waals surface area (Å²) in [7, 11) is 0. The molecule has 1 rings (SSSR count). The zero-order valence-electron chi connectivity index (χ0n) is 7.41. The highest BCUT2D eigenvalue weighted by Crippen LogP contribution is 2.12. The van der Waals surface area contributed by atoms with E-state index in [1.807, 2.05) is 0 Å². The van der Waals surface area contributed by atoms with Crippen molar-refractivity contribution in [2.24, 2.45) is 11.7 Å². The average molecular weight is 173 g/mol. The lowest BCUT2D eigenvalue weighted by atomic mass is 10.1. The van der Waals surface area contributed by atoms with Gasteiger partial charge in [-0.15, -0.1) is 0 Å². The zero-order valence-corrected chi connectivity index (χ0v) is 7.41. The number of hydroxylamine groups is 2. The molecule has 0 spiro atoms. The Morgan fingerprint density at radius 2 is 2.50 bits per heavy atom. The third-order valence-corrected chi connectivity index (χ3v) is 1.78. The quantitative estimate of drug-likeness (QED) is 0.589. The van der Waals surface area contributed by atoms with Crippen LogP contribution < -0.4 is 11.1 Å². The molecule has 1 unspecified atom stereocenters. The first-order valence-electron chi connectivity index (χ1n) is 4.02. The monoisotopic (exact) mass is 173 g/mol. The normalized spacial score (nSPS) is 25.1. The molecular weight excluding hydrogens is 158 g/mol. The third-order valence-electron chi connectivity index (χ3n) is 1.78. The molecule has 0 saturated carbocycles. The van der Waals surface area contributed by atoms with Gasteiger partial charge in [0.05, 0.1) is 6.17 Å². The predicted octanol–water partition coefficient (Wildman–Crippen LogP) is -0.752. The first-order chi connectivity index (χ1) is 5.61. The van der Waals surface area contributed by atoms with E-state index in [2.05, 4.69) is 19.2 Å². The van der Waals surface area contributed by atoms with Gasteiger partial charge in [0.15, 0.2) is 0 Å². The van der Waals surface area contributed by atoms with Gasteiger partial charge in [-0.3, -0.25) is 14.9 Å². The van der Waals surface area contributed by atoms with Crippen LogP contribution in [0, 0.1) is 5.92 Å². The largest absolute Gasteiger partial charge is 0.368 e. The van der Waals surface area contributed by atoms with Gasteiger partial charge in [-0.05, 0) is 5.92 Å². The summed E-state index contributed by atoms with van der Waals surface area (Å²) < 4.78 is 0. The van der Waals surface area contributed by atoms with Crippen molar-refractivity contribution >= 4 is 5.91 Å². The summed E-state index contributed by atoms with van der Waals surface area (Å²) in [5, 5.41) is 4.70. The van der Waals surface area contributed by atoms with Gasteiger partial charge < -0.3 is 5.73 Å². The van der Waals surface area contributed by atoms with Crippen LogP contribution in [0.4, 0.5) is 0 Å². The van der Waals surface area contributed by atoms with Crippen molar-refractivity contribution in [1.29, 1.82) is 0 Å². The highest BCUT2D eigenvalue weighted by molar-refractivity contribution is 5.75. The van der Waals surface area contributed by atoms with Crippen LogP contribution in [-0.4, -0.2) is 30.4 Å². The second-order valence-corrected chi connectivity index (χ2v) is 3.21. The molecule has 1 heterocycles. The molecule has 0 aromatic heterocycles. The number of carbonyl (C=O) groups is 1. The topological polar surface area (TPSA) is 67.6 Å². The average Bonchev–Trinajstić information content (AvgIpc) is 2.33. The molecule has 0 aromatic rings. The second-order valence-electron chi connectivity index (χ2n) is 3.21. The van der Waals surface area contributed by atoms with Gasteiger partial charge in [0.1, 0.15) is 13.3 Å². The van der Waals surface area contributed by atoms with Crippen LogP contribution in [0.1, 0.15) is 13.8 Å². The maximum Gasteiger partial charge on any atom is 0.234 e. The summed E-state index contributed by atoms with van der Waals surface area (Å²) in [6, 6.07) is 0. The summed E-state index contributed by atoms with van der Waals surface area (Å²) >= 11 is 0. The van der Waals surface area contributed by atoms with Crippen molar-refractivity contribution in [3.05, 3.63) is 0 Å². The van der Waals surface area contributed by atoms with Crippen molar-refractivity contribution < 1.29 is 9.63 Å². The minimum atomic E-state index is -0.371. The fourth-order valence-electron chi connectivity index (χ4n) is 1.25. The van der Waals surface area contributed by atoms with E-state index in [0.717, 1.165) is 0 Å². The molecule has 70 valence electrons. The Bertz CT molecular complexity index is 172. The van der Waals surface area contributed by atoms with Crippen molar-refractivity contribution in [3.8, 4) is 0 Å². The summed E-state index contributed by atoms with van der Waals surface area (Å²) in [6.07, 6.45) is 0.0949. The molecule has 1 saturated heterocycles. The summed E-state index contributed by atoms with van der Waals surface area (Å²) in [4.78, 5) is 15.8. The van der Waals surface area contributed by atoms with Crippen molar-refractivity contribution in [2.45, 2.75) is 20.0 Å². The summed E-state index contributed by atoms with van der Waals surface area (Å²) in [5.74, 6) is 0.0243. The number of nitrogens with two attached hydrogens (primary N) is 1. The van der Waals surface area contributed by atoms with E-state index < -0.39 is 0 Å². The van der Waals surface area contributed by atoms with Crippen LogP contribution in [0.2, 0.25) is 0 Å². The molecule has 0 aliphatic carbocycles. The lowest BCUT2D eigenvalue weighted by Gasteiger charge is -2.23. The van der Waals surface area contributed by atoms with Gasteiger partial charge in [0.2, 0.25) is 5.91 Å². The van der Waals surface area contributed by atoms with E-state index in [1.165, 1.54) is 0 Å². The predicted molar refractivity (Wildman–Crippen MR) is 43.6 cm³/mol. The number of primary amides is 1. The van der Waals surface area contributed by atoms with Crippen molar-refractivity contribution in [2.75, 3.05) is 13.3 Å². The van der Waals surface area contributed by atoms with Crippen LogP contribution in [0.5, 0.6) is 0 Å². The molecule has 1 aliphatic heterocycles. The molecule has 1 aliphatic rings. The number of hydrogen-bond acceptors (Lipinski definition) is 4. The second kappa shape index (κ2) is 3.84. The van der Waals surface area contributed by atoms with E-state index in [4.69, 9.17) is 10.6 Å². The molecule has 1 fully saturated rings. The van der Waals surface area contributed by atoms with Gasteiger partial charge in [0.25, 0.3) is 0 Å². The zero-order chi connectivity index (χ0) is 9.14. The SMILES string of the molecule is CC(C)C1NCON1CC(N)=O. The van der Waals surface area contributed by atoms with Gasteiger partial charge in [-0.1, -0.05) is 13.8 Å². The molecule has 5 nitrogen and oxygen atoms in total. The first kappa shape index (κ1) is 9.44. The van der Waals surface area contributed by atoms with Gasteiger partial charge >= 0.3 is 0 Å². The highest BCUT2D eigenvalue weighted by Gasteiger charge is 2.28. The maximum atomic E-state index is 10.6. The number of nitrogens with one attached hydrogen (secondary N) is 1. The van der Waals surface area contributed by atoms with E-state index >= 15 is 0 Å². The molecule has 3 N–H and O–H groups in total. The Hall–Kier alpha value is -0.650. The van der Waals surface area contributed by atoms with Gasteiger partial charge in [-0.2, -0.15) is 5.06 Å². The Morgan fingerprint density at radius 3 is 3.00 bits per heavy atom. The Kier molecular flexibility index (Phi) is 3.02. The van der Waals surface area contributed by atoms with Gasteiger partial charge in [0, 0.05) is 0 Å². The molecule has 0 aromatic carbocycles. The molecular formula is C7H15N3O2. The van der Waals surface area contributed by atoms with E-state index in [9.17, 15) is 4.79 Å². The lowest BCUT2D eigenvalue weighted by Crippen LogP contribution is -2.43. The first-order valence-corrected chi connectivity index (χ1v) is 4.02. The van der Waals surface area contributed by atoms with Crippen LogP contribution in [0.25, 0.3) is 0 Å². The van der Waals surface area contributed by atoms with Crippen LogP contribution in [0.3, 0.4) is 0 Å². The van der Waals surface area contributed by atoms with E-state index in [-0.39, 0.29) is 18.6 Å². The number of amides is 1. The lowest BCUT2D eigenvalue weighted by molar-refractivity contribution is -0.153. The van der Waals surface area contributed by atoms with E-state index in [1.54, 1.807) is 5.06 Å². The summed E-state index contributed by atoms with van der Waals surface area (Å²) in [5.41, 5.74) is 5.05. The number of rotatable bonds is 3. The highest BCUT2D eigenvalue weighted by atomic mass is 16.7. The fourth-order valence-corrected chi connectivity index (χ4v) is 1.25. The Balaban J connectivity index is 2.46. The standard InChI is InChI=1S/C7H15N3O2/c1-5(2)7-9-4-12-10(7)3-6(8)11/h5,7,9H,3-4H2,1-2H3,(H2,8,11). The Morgan fingerprint density at radius 1 is 1.83 bits per heavy atom. The minimum absolute atomic E-state index is 0.0949. The molecule has 12 heavy (non-hydrogen) atoms. The molecule has 1 atom stereocenters. The number of hydrogen-bond donors (Lipinski definition) is 2. The molecule has 0 bridgehead atoms. The number of carbonyl (C=O) groups excluding carboxylic acids is 1. The minimum Gasteiger partial charge on any atom is -0.368 e. The van der Waals surface area contributed by atoms with Crippen LogP contribution in [0.15, 0.2) is 0 Å².